The number of anilines is 1. The number of amides is 1. The molecule has 4 nitrogen and oxygen atoms in total. The number of aromatic nitrogens is 2. The molecule has 0 fully saturated rings. The van der Waals surface area contributed by atoms with Crippen LogP contribution in [0.2, 0.25) is 0 Å². The summed E-state index contributed by atoms with van der Waals surface area (Å²) < 4.78 is 14.2. The van der Waals surface area contributed by atoms with Crippen molar-refractivity contribution in [3.05, 3.63) is 89.5 Å². The number of para-hydroxylation sites is 1. The molecule has 4 rings (SSSR count). The normalized spacial score (nSPS) is 10.9. The van der Waals surface area contributed by atoms with Crippen LogP contribution in [-0.2, 0) is 17.8 Å². The van der Waals surface area contributed by atoms with Gasteiger partial charge in [-0.05, 0) is 48.4 Å². The van der Waals surface area contributed by atoms with E-state index in [1.165, 1.54) is 23.5 Å². The minimum absolute atomic E-state index is 0.103. The predicted molar refractivity (Wildman–Crippen MR) is 110 cm³/mol. The summed E-state index contributed by atoms with van der Waals surface area (Å²) in [5, 5.41) is 0.641. The number of hydrogen-bond acceptors (Lipinski definition) is 4. The van der Waals surface area contributed by atoms with E-state index in [0.717, 1.165) is 27.0 Å². The van der Waals surface area contributed by atoms with E-state index in [-0.39, 0.29) is 18.1 Å². The first-order chi connectivity index (χ1) is 13.6. The van der Waals surface area contributed by atoms with E-state index in [2.05, 4.69) is 4.98 Å². The van der Waals surface area contributed by atoms with Crippen LogP contribution in [0.5, 0.6) is 0 Å². The average Bonchev–Trinajstić information content (AvgIpc) is 3.14. The summed E-state index contributed by atoms with van der Waals surface area (Å²) in [6.07, 6.45) is 1.88. The Morgan fingerprint density at radius 3 is 2.61 bits per heavy atom. The Labute approximate surface area is 166 Å². The zero-order valence-corrected chi connectivity index (χ0v) is 16.1. The minimum Gasteiger partial charge on any atom is -0.282 e. The maximum atomic E-state index is 13.2. The highest BCUT2D eigenvalue weighted by atomic mass is 32.1. The second kappa shape index (κ2) is 7.86. The molecule has 0 saturated carbocycles. The molecule has 0 N–H and O–H groups in total. The summed E-state index contributed by atoms with van der Waals surface area (Å²) in [4.78, 5) is 23.9. The lowest BCUT2D eigenvalue weighted by Crippen LogP contribution is -2.32. The molecule has 1 amide bonds. The van der Waals surface area contributed by atoms with Gasteiger partial charge in [-0.1, -0.05) is 41.7 Å². The number of carbonyl (C=O) groups excluding carboxylic acids is 1. The van der Waals surface area contributed by atoms with Crippen molar-refractivity contribution < 1.29 is 9.18 Å². The lowest BCUT2D eigenvalue weighted by molar-refractivity contribution is -0.118. The van der Waals surface area contributed by atoms with Crippen LogP contribution in [0.4, 0.5) is 9.52 Å². The molecule has 0 saturated heterocycles. The molecule has 6 heteroatoms. The van der Waals surface area contributed by atoms with Gasteiger partial charge in [0.15, 0.2) is 5.13 Å². The summed E-state index contributed by atoms with van der Waals surface area (Å²) in [6.45, 7) is 2.34. The van der Waals surface area contributed by atoms with E-state index in [0.29, 0.717) is 11.7 Å². The highest BCUT2D eigenvalue weighted by Crippen LogP contribution is 2.31. The van der Waals surface area contributed by atoms with Crippen LogP contribution >= 0.6 is 11.3 Å². The fourth-order valence-corrected chi connectivity index (χ4v) is 4.04. The van der Waals surface area contributed by atoms with Crippen molar-refractivity contribution in [2.75, 3.05) is 4.90 Å². The lowest BCUT2D eigenvalue weighted by atomic mass is 10.1. The zero-order chi connectivity index (χ0) is 19.5. The fourth-order valence-electron chi connectivity index (χ4n) is 2.98. The van der Waals surface area contributed by atoms with Crippen LogP contribution in [0.1, 0.15) is 16.8 Å². The molecule has 0 aliphatic heterocycles. The van der Waals surface area contributed by atoms with Crippen molar-refractivity contribution >= 4 is 32.6 Å². The first-order valence-electron chi connectivity index (χ1n) is 8.91. The van der Waals surface area contributed by atoms with Crippen molar-refractivity contribution in [2.24, 2.45) is 0 Å². The second-order valence-corrected chi connectivity index (χ2v) is 7.53. The molecule has 0 bridgehead atoms. The van der Waals surface area contributed by atoms with Gasteiger partial charge in [-0.25, -0.2) is 9.37 Å². The van der Waals surface area contributed by atoms with Crippen molar-refractivity contribution in [1.29, 1.82) is 0 Å². The molecule has 0 spiro atoms. The quantitative estimate of drug-likeness (QED) is 0.485. The molecule has 28 heavy (non-hydrogen) atoms. The highest BCUT2D eigenvalue weighted by molar-refractivity contribution is 7.22. The molecule has 0 aliphatic rings. The first-order valence-corrected chi connectivity index (χ1v) is 9.73. The van der Waals surface area contributed by atoms with Crippen molar-refractivity contribution in [1.82, 2.24) is 9.97 Å². The Balaban J connectivity index is 1.69. The van der Waals surface area contributed by atoms with E-state index < -0.39 is 0 Å². The van der Waals surface area contributed by atoms with Gasteiger partial charge in [0.05, 0.1) is 28.9 Å². The summed E-state index contributed by atoms with van der Waals surface area (Å²) in [7, 11) is 0. The molecular formula is C22H18FN3OS. The number of thiazole rings is 1. The Bertz CT molecular complexity index is 1110. The third-order valence-corrected chi connectivity index (χ3v) is 5.50. The number of pyridine rings is 1. The van der Waals surface area contributed by atoms with E-state index in [1.54, 1.807) is 23.2 Å². The Hall–Kier alpha value is -3.12. The van der Waals surface area contributed by atoms with E-state index >= 15 is 0 Å². The van der Waals surface area contributed by atoms with Gasteiger partial charge < -0.3 is 0 Å². The standard InChI is InChI=1S/C22H18FN3OS/c1-15-5-4-7-19-21(15)25-22(28-19)26(14-18-6-2-3-12-24-18)20(27)13-16-8-10-17(23)11-9-16/h2-12H,13-14H2,1H3. The predicted octanol–water partition coefficient (Wildman–Crippen LogP) is 4.91. The number of halogens is 1. The monoisotopic (exact) mass is 391 g/mol. The number of fused-ring (bicyclic) bond motifs is 1. The second-order valence-electron chi connectivity index (χ2n) is 6.52. The van der Waals surface area contributed by atoms with Crippen LogP contribution in [-0.4, -0.2) is 15.9 Å². The van der Waals surface area contributed by atoms with Gasteiger partial charge in [0.2, 0.25) is 5.91 Å². The average molecular weight is 391 g/mol. The maximum Gasteiger partial charge on any atom is 0.233 e. The van der Waals surface area contributed by atoms with Gasteiger partial charge in [0, 0.05) is 6.20 Å². The molecule has 0 atom stereocenters. The Morgan fingerprint density at radius 2 is 1.89 bits per heavy atom. The number of hydrogen-bond donors (Lipinski definition) is 0. The van der Waals surface area contributed by atoms with Gasteiger partial charge in [-0.15, -0.1) is 0 Å². The lowest BCUT2D eigenvalue weighted by Gasteiger charge is -2.19. The molecule has 2 aromatic carbocycles. The number of aryl methyl sites for hydroxylation is 1. The molecule has 4 aromatic rings. The van der Waals surface area contributed by atoms with Crippen molar-refractivity contribution in [3.63, 3.8) is 0 Å². The smallest absolute Gasteiger partial charge is 0.233 e. The fraction of sp³-hybridized carbons (Fsp3) is 0.136. The number of nitrogens with zero attached hydrogens (tertiary/aromatic N) is 3. The van der Waals surface area contributed by atoms with Gasteiger partial charge in [0.25, 0.3) is 0 Å². The van der Waals surface area contributed by atoms with Crippen LogP contribution < -0.4 is 4.90 Å². The largest absolute Gasteiger partial charge is 0.282 e. The summed E-state index contributed by atoms with van der Waals surface area (Å²) >= 11 is 1.49. The molecular weight excluding hydrogens is 373 g/mol. The Morgan fingerprint density at radius 1 is 1.07 bits per heavy atom. The zero-order valence-electron chi connectivity index (χ0n) is 15.3. The van der Waals surface area contributed by atoms with Crippen LogP contribution in [0.25, 0.3) is 10.2 Å². The third-order valence-electron chi connectivity index (χ3n) is 4.46. The summed E-state index contributed by atoms with van der Waals surface area (Å²) in [5.74, 6) is -0.419. The third kappa shape index (κ3) is 3.92. The summed E-state index contributed by atoms with van der Waals surface area (Å²) in [6, 6.07) is 17.6. The Kier molecular flexibility index (Phi) is 5.12. The molecule has 0 aliphatic carbocycles. The van der Waals surface area contributed by atoms with Gasteiger partial charge >= 0.3 is 0 Å². The topological polar surface area (TPSA) is 46.1 Å². The maximum absolute atomic E-state index is 13.2. The van der Waals surface area contributed by atoms with E-state index in [4.69, 9.17) is 4.98 Å². The van der Waals surface area contributed by atoms with Crippen LogP contribution in [0.3, 0.4) is 0 Å². The van der Waals surface area contributed by atoms with Crippen LogP contribution in [0, 0.1) is 12.7 Å². The SMILES string of the molecule is Cc1cccc2sc(N(Cc3ccccn3)C(=O)Cc3ccc(F)cc3)nc12. The molecule has 2 heterocycles. The number of benzene rings is 2. The summed E-state index contributed by atoms with van der Waals surface area (Å²) in [5.41, 5.74) is 3.52. The number of carbonyl (C=O) groups is 1. The van der Waals surface area contributed by atoms with Gasteiger partial charge in [-0.2, -0.15) is 0 Å². The van der Waals surface area contributed by atoms with Crippen molar-refractivity contribution in [3.8, 4) is 0 Å². The number of rotatable bonds is 5. The minimum atomic E-state index is -0.316. The van der Waals surface area contributed by atoms with Crippen molar-refractivity contribution in [2.45, 2.75) is 19.9 Å². The molecule has 0 unspecified atom stereocenters. The van der Waals surface area contributed by atoms with Gasteiger partial charge in [-0.3, -0.25) is 14.7 Å². The molecule has 140 valence electrons. The van der Waals surface area contributed by atoms with Gasteiger partial charge in [0.1, 0.15) is 5.82 Å². The van der Waals surface area contributed by atoms with E-state index in [9.17, 15) is 9.18 Å². The van der Waals surface area contributed by atoms with Crippen LogP contribution in [0.15, 0.2) is 66.9 Å². The first kappa shape index (κ1) is 18.3. The van der Waals surface area contributed by atoms with E-state index in [1.807, 2.05) is 43.3 Å². The molecule has 2 aromatic heterocycles. The molecule has 0 radical (unpaired) electrons. The highest BCUT2D eigenvalue weighted by Gasteiger charge is 2.21.